The van der Waals surface area contributed by atoms with E-state index in [0.717, 1.165) is 4.90 Å². The second-order valence-electron chi connectivity index (χ2n) is 6.49. The van der Waals surface area contributed by atoms with Crippen LogP contribution in [0.4, 0.5) is 11.4 Å². The van der Waals surface area contributed by atoms with E-state index in [1.54, 1.807) is 62.4 Å². The number of nitrogens with zero attached hydrogens (tertiary/aromatic N) is 1. The summed E-state index contributed by atoms with van der Waals surface area (Å²) >= 11 is 6.12. The van der Waals surface area contributed by atoms with Crippen LogP contribution >= 0.6 is 11.6 Å². The van der Waals surface area contributed by atoms with Gasteiger partial charge < -0.3 is 14.8 Å². The SMILES string of the molecule is COc1ccc(N2C(=O)C(Cl)=C(Nc3ccc(C(=O)OC(C)C)cc3)C2=O)cc1. The zero-order chi connectivity index (χ0) is 21.1. The first-order valence-electron chi connectivity index (χ1n) is 8.82. The molecule has 0 radical (unpaired) electrons. The van der Waals surface area contributed by atoms with Gasteiger partial charge in [-0.15, -0.1) is 0 Å². The predicted molar refractivity (Wildman–Crippen MR) is 109 cm³/mol. The van der Waals surface area contributed by atoms with Gasteiger partial charge in [0.1, 0.15) is 16.5 Å². The maximum absolute atomic E-state index is 12.8. The third-order valence-corrected chi connectivity index (χ3v) is 4.44. The molecule has 0 atom stereocenters. The average Bonchev–Trinajstić information content (AvgIpc) is 2.91. The number of carbonyl (C=O) groups is 3. The Bertz CT molecular complexity index is 981. The molecule has 1 aliphatic heterocycles. The number of halogens is 1. The number of rotatable bonds is 6. The highest BCUT2D eigenvalue weighted by Crippen LogP contribution is 2.31. The molecule has 0 aromatic heterocycles. The Morgan fingerprint density at radius 3 is 2.17 bits per heavy atom. The molecule has 0 fully saturated rings. The maximum Gasteiger partial charge on any atom is 0.338 e. The molecule has 0 bridgehead atoms. The lowest BCUT2D eigenvalue weighted by Gasteiger charge is -2.15. The van der Waals surface area contributed by atoms with Gasteiger partial charge in [0, 0.05) is 5.69 Å². The molecular formula is C21H19ClN2O5. The molecule has 2 aromatic carbocycles. The zero-order valence-corrected chi connectivity index (χ0v) is 16.8. The van der Waals surface area contributed by atoms with Crippen LogP contribution in [0.1, 0.15) is 24.2 Å². The lowest BCUT2D eigenvalue weighted by atomic mass is 10.2. The molecule has 0 unspecified atom stereocenters. The Labute approximate surface area is 172 Å². The van der Waals surface area contributed by atoms with Crippen molar-refractivity contribution in [2.45, 2.75) is 20.0 Å². The summed E-state index contributed by atoms with van der Waals surface area (Å²) in [5, 5.41) is 2.65. The van der Waals surface area contributed by atoms with Crippen molar-refractivity contribution in [2.75, 3.05) is 17.3 Å². The number of hydrogen-bond acceptors (Lipinski definition) is 6. The molecule has 29 heavy (non-hydrogen) atoms. The van der Waals surface area contributed by atoms with Gasteiger partial charge in [0.15, 0.2) is 0 Å². The van der Waals surface area contributed by atoms with E-state index in [-0.39, 0.29) is 16.8 Å². The van der Waals surface area contributed by atoms with Crippen LogP contribution in [0.3, 0.4) is 0 Å². The monoisotopic (exact) mass is 414 g/mol. The first-order chi connectivity index (χ1) is 13.8. The van der Waals surface area contributed by atoms with Gasteiger partial charge >= 0.3 is 5.97 Å². The third kappa shape index (κ3) is 4.25. The minimum atomic E-state index is -0.624. The first-order valence-corrected chi connectivity index (χ1v) is 9.20. The molecule has 0 saturated carbocycles. The number of benzene rings is 2. The molecule has 2 aromatic rings. The van der Waals surface area contributed by atoms with Gasteiger partial charge in [-0.1, -0.05) is 11.6 Å². The first kappa shape index (κ1) is 20.4. The van der Waals surface area contributed by atoms with Crippen LogP contribution in [0.25, 0.3) is 0 Å². The highest BCUT2D eigenvalue weighted by molar-refractivity contribution is 6.53. The van der Waals surface area contributed by atoms with Crippen molar-refractivity contribution >= 4 is 40.8 Å². The van der Waals surface area contributed by atoms with Gasteiger partial charge in [0.25, 0.3) is 11.8 Å². The number of hydrogen-bond donors (Lipinski definition) is 1. The molecule has 150 valence electrons. The molecule has 0 saturated heterocycles. The van der Waals surface area contributed by atoms with Gasteiger partial charge in [-0.3, -0.25) is 9.59 Å². The lowest BCUT2D eigenvalue weighted by Crippen LogP contribution is -2.32. The molecule has 1 heterocycles. The summed E-state index contributed by atoms with van der Waals surface area (Å²) in [5.74, 6) is -1.04. The molecule has 8 heteroatoms. The Balaban J connectivity index is 1.77. The number of ether oxygens (including phenoxy) is 2. The second kappa shape index (κ2) is 8.36. The smallest absolute Gasteiger partial charge is 0.338 e. The standard InChI is InChI=1S/C21H19ClN2O5/c1-12(2)29-21(27)13-4-6-14(7-5-13)23-18-17(22)19(25)24(20(18)26)15-8-10-16(28-3)11-9-15/h4-12,23H,1-3H3. The van der Waals surface area contributed by atoms with Crippen LogP contribution in [-0.4, -0.2) is 31.0 Å². The molecule has 0 aliphatic carbocycles. The fourth-order valence-corrected chi connectivity index (χ4v) is 2.91. The van der Waals surface area contributed by atoms with E-state index < -0.39 is 17.8 Å². The Kier molecular flexibility index (Phi) is 5.89. The predicted octanol–water partition coefficient (Wildman–Crippen LogP) is 3.70. The van der Waals surface area contributed by atoms with Gasteiger partial charge in [0.05, 0.1) is 24.5 Å². The quantitative estimate of drug-likeness (QED) is 0.573. The molecular weight excluding hydrogens is 396 g/mol. The van der Waals surface area contributed by atoms with Crippen molar-refractivity contribution in [1.29, 1.82) is 0 Å². The largest absolute Gasteiger partial charge is 0.497 e. The summed E-state index contributed by atoms with van der Waals surface area (Å²) in [7, 11) is 1.52. The number of esters is 1. The highest BCUT2D eigenvalue weighted by Gasteiger charge is 2.38. The molecule has 3 rings (SSSR count). The zero-order valence-electron chi connectivity index (χ0n) is 16.1. The van der Waals surface area contributed by atoms with Gasteiger partial charge in [-0.2, -0.15) is 0 Å². The van der Waals surface area contributed by atoms with Crippen molar-refractivity contribution in [3.05, 3.63) is 64.8 Å². The number of methoxy groups -OCH3 is 1. The number of amides is 2. The van der Waals surface area contributed by atoms with E-state index in [2.05, 4.69) is 5.32 Å². The summed E-state index contributed by atoms with van der Waals surface area (Å²) in [5.41, 5.74) is 1.21. The summed E-state index contributed by atoms with van der Waals surface area (Å²) < 4.78 is 10.2. The van der Waals surface area contributed by atoms with Gasteiger partial charge in [-0.05, 0) is 62.4 Å². The Hall–Kier alpha value is -3.32. The fraction of sp³-hybridized carbons (Fsp3) is 0.190. The van der Waals surface area contributed by atoms with Crippen LogP contribution in [0.2, 0.25) is 0 Å². The maximum atomic E-state index is 12.8. The minimum absolute atomic E-state index is 0.0370. The molecule has 2 amide bonds. The summed E-state index contributed by atoms with van der Waals surface area (Å²) in [6.07, 6.45) is -0.227. The number of anilines is 2. The molecule has 1 N–H and O–H groups in total. The van der Waals surface area contributed by atoms with Crippen molar-refractivity contribution < 1.29 is 23.9 Å². The number of carbonyl (C=O) groups excluding carboxylic acids is 3. The van der Waals surface area contributed by atoms with Crippen LogP contribution in [0.15, 0.2) is 59.3 Å². The fourth-order valence-electron chi connectivity index (χ4n) is 2.69. The Morgan fingerprint density at radius 2 is 1.62 bits per heavy atom. The molecule has 0 spiro atoms. The van der Waals surface area contributed by atoms with Gasteiger partial charge in [0.2, 0.25) is 0 Å². The normalized spacial score (nSPS) is 13.9. The summed E-state index contributed by atoms with van der Waals surface area (Å²) in [6.45, 7) is 3.53. The van der Waals surface area contributed by atoms with Crippen LogP contribution in [0, 0.1) is 0 Å². The Morgan fingerprint density at radius 1 is 1.00 bits per heavy atom. The lowest BCUT2D eigenvalue weighted by molar-refractivity contribution is -0.120. The second-order valence-corrected chi connectivity index (χ2v) is 6.87. The number of nitrogens with one attached hydrogen (secondary N) is 1. The topological polar surface area (TPSA) is 84.9 Å². The van der Waals surface area contributed by atoms with E-state index >= 15 is 0 Å². The summed E-state index contributed by atoms with van der Waals surface area (Å²) in [4.78, 5) is 38.2. The summed E-state index contributed by atoms with van der Waals surface area (Å²) in [6, 6.07) is 12.8. The van der Waals surface area contributed by atoms with Crippen LogP contribution in [-0.2, 0) is 14.3 Å². The van der Waals surface area contributed by atoms with E-state index in [1.807, 2.05) is 0 Å². The minimum Gasteiger partial charge on any atom is -0.497 e. The van der Waals surface area contributed by atoms with E-state index in [1.165, 1.54) is 7.11 Å². The van der Waals surface area contributed by atoms with Crippen molar-refractivity contribution in [3.63, 3.8) is 0 Å². The van der Waals surface area contributed by atoms with Crippen molar-refractivity contribution in [3.8, 4) is 5.75 Å². The molecule has 7 nitrogen and oxygen atoms in total. The van der Waals surface area contributed by atoms with E-state index in [0.29, 0.717) is 22.7 Å². The molecule has 1 aliphatic rings. The average molecular weight is 415 g/mol. The van der Waals surface area contributed by atoms with E-state index in [4.69, 9.17) is 21.1 Å². The highest BCUT2D eigenvalue weighted by atomic mass is 35.5. The van der Waals surface area contributed by atoms with Crippen LogP contribution in [0.5, 0.6) is 5.75 Å². The van der Waals surface area contributed by atoms with E-state index in [9.17, 15) is 14.4 Å². The van der Waals surface area contributed by atoms with Crippen molar-refractivity contribution in [1.82, 2.24) is 0 Å². The number of imide groups is 1. The third-order valence-electron chi connectivity index (χ3n) is 4.09. The van der Waals surface area contributed by atoms with Gasteiger partial charge in [-0.25, -0.2) is 9.69 Å². The van der Waals surface area contributed by atoms with Crippen molar-refractivity contribution in [2.24, 2.45) is 0 Å². The van der Waals surface area contributed by atoms with Crippen LogP contribution < -0.4 is 15.0 Å².